The quantitative estimate of drug-likeness (QED) is 0.158. The fourth-order valence-corrected chi connectivity index (χ4v) is 9.23. The standard InChI is InChI=1S/C59H37N3/c1-2-15-40(16-3-1)41-31-33-42(34-32-41)47-38-54(60-55(39-47)46-20-14-22-49(37-46)62-58-29-10-6-25-52(58)53-26-7-11-30-59(53)62)45-19-12-17-43(35-45)44-18-13-21-48(36-44)61-56-27-8-4-23-50(56)51-24-5-9-28-57(51)61/h1-10,12-29,31-39H. The van der Waals surface area contributed by atoms with Gasteiger partial charge < -0.3 is 9.13 Å². The van der Waals surface area contributed by atoms with Gasteiger partial charge in [-0.2, -0.15) is 0 Å². The molecule has 0 fully saturated rings. The molecule has 62 heavy (non-hydrogen) atoms. The van der Waals surface area contributed by atoms with Crippen LogP contribution in [0.25, 0.3) is 111 Å². The maximum atomic E-state index is 5.45. The van der Waals surface area contributed by atoms with Crippen LogP contribution in [0.2, 0.25) is 0 Å². The first-order chi connectivity index (χ1) is 30.7. The van der Waals surface area contributed by atoms with Crippen LogP contribution in [0.1, 0.15) is 0 Å². The number of benzene rings is 8. The second-order valence-electron chi connectivity index (χ2n) is 15.8. The molecule has 0 aliphatic heterocycles. The Morgan fingerprint density at radius 1 is 0.306 bits per heavy atom. The zero-order valence-electron chi connectivity index (χ0n) is 33.7. The van der Waals surface area contributed by atoms with E-state index in [1.54, 1.807) is 0 Å². The predicted octanol–water partition coefficient (Wildman–Crippen LogP) is 15.2. The Labute approximate surface area is 360 Å². The molecule has 0 aliphatic rings. The third kappa shape index (κ3) is 6.05. The van der Waals surface area contributed by atoms with E-state index in [1.165, 1.54) is 38.3 Å². The van der Waals surface area contributed by atoms with E-state index in [2.05, 4.69) is 240 Å². The van der Waals surface area contributed by atoms with Crippen LogP contribution in [0.4, 0.5) is 0 Å². The molecule has 0 aliphatic carbocycles. The summed E-state index contributed by atoms with van der Waals surface area (Å²) in [7, 11) is 0. The van der Waals surface area contributed by atoms with E-state index < -0.39 is 0 Å². The number of aromatic nitrogens is 3. The van der Waals surface area contributed by atoms with Crippen LogP contribution in [0, 0.1) is 12.1 Å². The molecule has 0 bridgehead atoms. The summed E-state index contributed by atoms with van der Waals surface area (Å²) in [5.74, 6) is 0. The van der Waals surface area contributed by atoms with Crippen LogP contribution in [-0.4, -0.2) is 14.1 Å². The summed E-state index contributed by atoms with van der Waals surface area (Å²) >= 11 is 0. The lowest BCUT2D eigenvalue weighted by Gasteiger charge is -2.14. The highest BCUT2D eigenvalue weighted by Gasteiger charge is 2.16. The summed E-state index contributed by atoms with van der Waals surface area (Å²) in [5.41, 5.74) is 17.5. The van der Waals surface area contributed by atoms with Crippen molar-refractivity contribution in [3.63, 3.8) is 0 Å². The van der Waals surface area contributed by atoms with Gasteiger partial charge in [0.15, 0.2) is 0 Å². The summed E-state index contributed by atoms with van der Waals surface area (Å²) < 4.78 is 4.66. The van der Waals surface area contributed by atoms with E-state index in [0.29, 0.717) is 0 Å². The van der Waals surface area contributed by atoms with Crippen LogP contribution in [0.5, 0.6) is 0 Å². The molecule has 3 nitrogen and oxygen atoms in total. The Kier molecular flexibility index (Phi) is 8.40. The van der Waals surface area contributed by atoms with Gasteiger partial charge in [-0.05, 0) is 112 Å². The molecule has 0 amide bonds. The molecular formula is C59H37N3. The minimum Gasteiger partial charge on any atom is -0.309 e. The summed E-state index contributed by atoms with van der Waals surface area (Å²) in [4.78, 5) is 5.45. The van der Waals surface area contributed by atoms with Gasteiger partial charge in [-0.25, -0.2) is 4.98 Å². The Balaban J connectivity index is 0.988. The SMILES string of the molecule is c1ccc2c3ccccc3n(-c3cccc(-c4cc(-c5ccc(-c6ccccc6)cc5)cc(-c5cccc(-c6cccc(-n7c8ccccc8c8ccccc87)c6)c5)n4)c3)c2c#1. The molecule has 9 aromatic carbocycles. The first kappa shape index (κ1) is 35.5. The largest absolute Gasteiger partial charge is 0.309 e. The Bertz CT molecular complexity index is 3520. The third-order valence-corrected chi connectivity index (χ3v) is 12.2. The van der Waals surface area contributed by atoms with Crippen LogP contribution >= 0.6 is 0 Å². The van der Waals surface area contributed by atoms with Gasteiger partial charge in [0.2, 0.25) is 0 Å². The molecule has 0 spiro atoms. The van der Waals surface area contributed by atoms with Crippen molar-refractivity contribution in [2.24, 2.45) is 0 Å². The number of hydrogen-bond acceptors (Lipinski definition) is 1. The molecule has 0 unspecified atom stereocenters. The van der Waals surface area contributed by atoms with Gasteiger partial charge in [-0.1, -0.05) is 158 Å². The zero-order valence-corrected chi connectivity index (χ0v) is 33.7. The smallest absolute Gasteiger partial charge is 0.105 e. The number of fused-ring (bicyclic) bond motifs is 6. The van der Waals surface area contributed by atoms with Gasteiger partial charge in [0.1, 0.15) is 5.52 Å². The molecule has 0 saturated heterocycles. The maximum Gasteiger partial charge on any atom is 0.105 e. The Hall–Kier alpha value is -8.45. The van der Waals surface area contributed by atoms with Crippen molar-refractivity contribution >= 4 is 43.6 Å². The van der Waals surface area contributed by atoms with Gasteiger partial charge in [0.05, 0.1) is 27.9 Å². The van der Waals surface area contributed by atoms with E-state index in [1.807, 2.05) is 6.07 Å². The monoisotopic (exact) mass is 787 g/mol. The minimum absolute atomic E-state index is 0.904. The van der Waals surface area contributed by atoms with Gasteiger partial charge in [-0.3, -0.25) is 0 Å². The van der Waals surface area contributed by atoms with Crippen molar-refractivity contribution in [3.8, 4) is 67.3 Å². The van der Waals surface area contributed by atoms with E-state index >= 15 is 0 Å². The highest BCUT2D eigenvalue weighted by molar-refractivity contribution is 6.10. The molecule has 0 N–H and O–H groups in total. The molecule has 288 valence electrons. The molecule has 12 rings (SSSR count). The van der Waals surface area contributed by atoms with Crippen molar-refractivity contribution in [2.45, 2.75) is 0 Å². The molecule has 3 heteroatoms. The molecule has 0 atom stereocenters. The lowest BCUT2D eigenvalue weighted by molar-refractivity contribution is 1.18. The first-order valence-corrected chi connectivity index (χ1v) is 21.0. The maximum absolute atomic E-state index is 5.45. The lowest BCUT2D eigenvalue weighted by atomic mass is 9.96. The van der Waals surface area contributed by atoms with Crippen molar-refractivity contribution in [1.29, 1.82) is 0 Å². The number of pyridine rings is 1. The van der Waals surface area contributed by atoms with E-state index in [9.17, 15) is 0 Å². The van der Waals surface area contributed by atoms with E-state index in [4.69, 9.17) is 4.98 Å². The van der Waals surface area contributed by atoms with Gasteiger partial charge in [-0.15, -0.1) is 0 Å². The third-order valence-electron chi connectivity index (χ3n) is 12.2. The molecule has 0 radical (unpaired) electrons. The predicted molar refractivity (Wildman–Crippen MR) is 258 cm³/mol. The van der Waals surface area contributed by atoms with Crippen LogP contribution in [-0.2, 0) is 0 Å². The normalized spacial score (nSPS) is 11.4. The van der Waals surface area contributed by atoms with E-state index in [-0.39, 0.29) is 0 Å². The van der Waals surface area contributed by atoms with Crippen molar-refractivity contribution in [1.82, 2.24) is 14.1 Å². The van der Waals surface area contributed by atoms with Crippen LogP contribution in [0.15, 0.2) is 224 Å². The number of rotatable bonds is 7. The Morgan fingerprint density at radius 3 is 1.42 bits per heavy atom. The zero-order chi connectivity index (χ0) is 41.0. The second kappa shape index (κ2) is 14.7. The van der Waals surface area contributed by atoms with Crippen LogP contribution < -0.4 is 0 Å². The average molecular weight is 788 g/mol. The van der Waals surface area contributed by atoms with E-state index in [0.717, 1.165) is 72.6 Å². The second-order valence-corrected chi connectivity index (χ2v) is 15.8. The Morgan fingerprint density at radius 2 is 0.758 bits per heavy atom. The number of nitrogens with zero attached hydrogens (tertiary/aromatic N) is 3. The lowest BCUT2D eigenvalue weighted by Crippen LogP contribution is -1.96. The molecule has 12 aromatic rings. The number of hydrogen-bond donors (Lipinski definition) is 0. The summed E-state index contributed by atoms with van der Waals surface area (Å²) in [6.45, 7) is 0. The van der Waals surface area contributed by atoms with Gasteiger partial charge >= 0.3 is 0 Å². The summed E-state index contributed by atoms with van der Waals surface area (Å²) in [6, 6.07) is 86.8. The molecule has 3 aromatic heterocycles. The minimum atomic E-state index is 0.904. The topological polar surface area (TPSA) is 22.8 Å². The van der Waals surface area contributed by atoms with Crippen molar-refractivity contribution in [3.05, 3.63) is 237 Å². The van der Waals surface area contributed by atoms with Gasteiger partial charge in [0, 0.05) is 44.0 Å². The highest BCUT2D eigenvalue weighted by atomic mass is 15.0. The fraction of sp³-hybridized carbons (Fsp3) is 0. The van der Waals surface area contributed by atoms with Crippen molar-refractivity contribution < 1.29 is 0 Å². The first-order valence-electron chi connectivity index (χ1n) is 21.0. The fourth-order valence-electron chi connectivity index (χ4n) is 9.23. The van der Waals surface area contributed by atoms with Crippen LogP contribution in [0.3, 0.4) is 0 Å². The molecule has 0 saturated carbocycles. The number of para-hydroxylation sites is 3. The molecule has 3 heterocycles. The van der Waals surface area contributed by atoms with Gasteiger partial charge in [0.25, 0.3) is 0 Å². The van der Waals surface area contributed by atoms with Crippen molar-refractivity contribution in [2.75, 3.05) is 0 Å². The summed E-state index contributed by atoms with van der Waals surface area (Å²) in [5, 5.41) is 4.86. The average Bonchev–Trinajstić information content (AvgIpc) is 3.87. The highest BCUT2D eigenvalue weighted by Crippen LogP contribution is 2.37. The summed E-state index contributed by atoms with van der Waals surface area (Å²) in [6.07, 6.45) is 0. The molecular weight excluding hydrogens is 751 g/mol.